The van der Waals surface area contributed by atoms with E-state index in [1.54, 1.807) is 12.1 Å². The Morgan fingerprint density at radius 2 is 2.33 bits per heavy atom. The van der Waals surface area contributed by atoms with E-state index in [0.717, 1.165) is 16.9 Å². The van der Waals surface area contributed by atoms with Crippen molar-refractivity contribution in [1.82, 2.24) is 5.16 Å². The van der Waals surface area contributed by atoms with Crippen molar-refractivity contribution in [1.29, 1.82) is 0 Å². The van der Waals surface area contributed by atoms with Gasteiger partial charge in [0.1, 0.15) is 6.26 Å². The molecule has 1 aliphatic rings. The van der Waals surface area contributed by atoms with Crippen molar-refractivity contribution in [2.75, 3.05) is 17.0 Å². The van der Waals surface area contributed by atoms with Crippen LogP contribution < -0.4 is 15.7 Å². The van der Waals surface area contributed by atoms with E-state index in [2.05, 4.69) is 5.16 Å². The van der Waals surface area contributed by atoms with Crippen molar-refractivity contribution in [2.24, 2.45) is 5.73 Å². The lowest BCUT2D eigenvalue weighted by atomic mass is 9.97. The topological polar surface area (TPSA) is 95.8 Å². The van der Waals surface area contributed by atoms with Crippen LogP contribution in [0.1, 0.15) is 11.1 Å². The van der Waals surface area contributed by atoms with Gasteiger partial charge in [0.2, 0.25) is 0 Å². The maximum atomic E-state index is 11.6. The standard InChI is InChI=1S/C14H16N4O3/c1-17(13-4-5-21-16-13)8-9-2-3-12-10(6-9)7-11(15)14(19)18(12)20/h2-6,11,20H,7-8,15H2,1H3/t11-/m0/s1. The minimum absolute atomic E-state index is 0.423. The Bertz CT molecular complexity index is 656. The smallest absolute Gasteiger partial charge is 0.267 e. The first-order chi connectivity index (χ1) is 10.1. The Hall–Kier alpha value is -2.38. The van der Waals surface area contributed by atoms with E-state index in [-0.39, 0.29) is 0 Å². The van der Waals surface area contributed by atoms with Crippen molar-refractivity contribution >= 4 is 17.4 Å². The molecule has 3 N–H and O–H groups in total. The van der Waals surface area contributed by atoms with Crippen LogP contribution in [0.5, 0.6) is 0 Å². The molecule has 0 spiro atoms. The van der Waals surface area contributed by atoms with E-state index < -0.39 is 11.9 Å². The number of rotatable bonds is 3. The normalized spacial score (nSPS) is 17.8. The van der Waals surface area contributed by atoms with Gasteiger partial charge in [-0.15, -0.1) is 0 Å². The van der Waals surface area contributed by atoms with Crippen LogP contribution in [-0.4, -0.2) is 29.4 Å². The van der Waals surface area contributed by atoms with Gasteiger partial charge in [0, 0.05) is 19.7 Å². The van der Waals surface area contributed by atoms with E-state index in [1.165, 1.54) is 6.26 Å². The molecule has 2 aromatic rings. The Morgan fingerprint density at radius 1 is 1.52 bits per heavy atom. The summed E-state index contributed by atoms with van der Waals surface area (Å²) in [6, 6.07) is 6.61. The number of benzene rings is 1. The molecule has 0 saturated carbocycles. The Morgan fingerprint density at radius 3 is 3.05 bits per heavy atom. The summed E-state index contributed by atoms with van der Waals surface area (Å²) in [6.45, 7) is 0.633. The molecule has 0 fully saturated rings. The average molecular weight is 288 g/mol. The first-order valence-electron chi connectivity index (χ1n) is 6.58. The number of hydrogen-bond acceptors (Lipinski definition) is 6. The summed E-state index contributed by atoms with van der Waals surface area (Å²) < 4.78 is 4.82. The van der Waals surface area contributed by atoms with E-state index >= 15 is 0 Å². The van der Waals surface area contributed by atoms with Gasteiger partial charge in [-0.25, -0.2) is 0 Å². The fraction of sp³-hybridized carbons (Fsp3) is 0.286. The molecule has 1 atom stereocenters. The van der Waals surface area contributed by atoms with Crippen LogP contribution in [0.2, 0.25) is 0 Å². The van der Waals surface area contributed by atoms with Crippen LogP contribution in [0.3, 0.4) is 0 Å². The molecular weight excluding hydrogens is 272 g/mol. The Balaban J connectivity index is 1.83. The zero-order chi connectivity index (χ0) is 15.0. The summed E-state index contributed by atoms with van der Waals surface area (Å²) in [7, 11) is 1.91. The number of hydrogen-bond donors (Lipinski definition) is 2. The Labute approximate surface area is 121 Å². The molecular formula is C14H16N4O3. The molecule has 3 rings (SSSR count). The summed E-state index contributed by atoms with van der Waals surface area (Å²) in [5.74, 6) is 0.262. The molecule has 110 valence electrons. The third kappa shape index (κ3) is 2.48. The number of amides is 1. The average Bonchev–Trinajstić information content (AvgIpc) is 2.99. The van der Waals surface area contributed by atoms with Crippen molar-refractivity contribution in [3.8, 4) is 0 Å². The van der Waals surface area contributed by atoms with Crippen LogP contribution in [0, 0.1) is 0 Å². The van der Waals surface area contributed by atoms with Crippen molar-refractivity contribution in [2.45, 2.75) is 19.0 Å². The van der Waals surface area contributed by atoms with Crippen LogP contribution in [0.25, 0.3) is 0 Å². The number of aromatic nitrogens is 1. The third-order valence-corrected chi connectivity index (χ3v) is 3.57. The van der Waals surface area contributed by atoms with E-state index in [0.29, 0.717) is 23.7 Å². The second-order valence-corrected chi connectivity index (χ2v) is 5.14. The van der Waals surface area contributed by atoms with E-state index in [9.17, 15) is 10.0 Å². The third-order valence-electron chi connectivity index (χ3n) is 3.57. The van der Waals surface area contributed by atoms with Gasteiger partial charge in [-0.2, -0.15) is 5.06 Å². The fourth-order valence-electron chi connectivity index (χ4n) is 2.47. The molecule has 0 bridgehead atoms. The molecule has 1 aromatic carbocycles. The van der Waals surface area contributed by atoms with Crippen LogP contribution in [0.15, 0.2) is 35.1 Å². The molecule has 1 aliphatic heterocycles. The van der Waals surface area contributed by atoms with Crippen molar-refractivity contribution in [3.05, 3.63) is 41.7 Å². The van der Waals surface area contributed by atoms with Gasteiger partial charge in [0.25, 0.3) is 5.91 Å². The second-order valence-electron chi connectivity index (χ2n) is 5.14. The highest BCUT2D eigenvalue weighted by Gasteiger charge is 2.29. The van der Waals surface area contributed by atoms with Crippen molar-refractivity contribution in [3.63, 3.8) is 0 Å². The molecule has 1 amide bonds. The molecule has 2 heterocycles. The Kier molecular flexibility index (Phi) is 3.36. The number of anilines is 2. The first kappa shape index (κ1) is 13.6. The molecule has 21 heavy (non-hydrogen) atoms. The maximum Gasteiger partial charge on any atom is 0.267 e. The van der Waals surface area contributed by atoms with Gasteiger partial charge in [0.15, 0.2) is 5.82 Å². The zero-order valence-corrected chi connectivity index (χ0v) is 11.6. The van der Waals surface area contributed by atoms with Gasteiger partial charge in [-0.1, -0.05) is 17.3 Å². The molecule has 0 unspecified atom stereocenters. The summed E-state index contributed by atoms with van der Waals surface area (Å²) >= 11 is 0. The van der Waals surface area contributed by atoms with Crippen LogP contribution in [0.4, 0.5) is 11.5 Å². The highest BCUT2D eigenvalue weighted by molar-refractivity contribution is 5.98. The predicted molar refractivity (Wildman–Crippen MR) is 76.0 cm³/mol. The summed E-state index contributed by atoms with van der Waals surface area (Å²) in [5.41, 5.74) is 8.12. The van der Waals surface area contributed by atoms with E-state index in [4.69, 9.17) is 10.3 Å². The largest absolute Gasteiger partial charge is 0.363 e. The number of carbonyl (C=O) groups excluding carboxylic acids is 1. The number of carbonyl (C=O) groups is 1. The summed E-state index contributed by atoms with van der Waals surface area (Å²) in [6.07, 6.45) is 1.94. The molecule has 0 radical (unpaired) electrons. The number of fused-ring (bicyclic) bond motifs is 1. The highest BCUT2D eigenvalue weighted by Crippen LogP contribution is 2.27. The lowest BCUT2D eigenvalue weighted by molar-refractivity contribution is -0.125. The van der Waals surface area contributed by atoms with Gasteiger partial charge >= 0.3 is 0 Å². The minimum Gasteiger partial charge on any atom is -0.363 e. The number of hydroxylamine groups is 1. The van der Waals surface area contributed by atoms with Crippen molar-refractivity contribution < 1.29 is 14.5 Å². The monoisotopic (exact) mass is 288 g/mol. The lowest BCUT2D eigenvalue weighted by Crippen LogP contribution is -2.47. The quantitative estimate of drug-likeness (QED) is 0.815. The lowest BCUT2D eigenvalue weighted by Gasteiger charge is -2.28. The van der Waals surface area contributed by atoms with Gasteiger partial charge < -0.3 is 15.2 Å². The predicted octanol–water partition coefficient (Wildman–Crippen LogP) is 0.917. The molecule has 1 aromatic heterocycles. The van der Waals surface area contributed by atoms with Gasteiger partial charge in [0.05, 0.1) is 11.7 Å². The second kappa shape index (κ2) is 5.19. The fourth-order valence-corrected chi connectivity index (χ4v) is 2.47. The molecule has 7 heteroatoms. The SMILES string of the molecule is CN(Cc1ccc2c(c1)C[C@H](N)C(=O)N2O)c1ccon1. The zero-order valence-electron chi connectivity index (χ0n) is 11.6. The highest BCUT2D eigenvalue weighted by atomic mass is 16.5. The minimum atomic E-state index is -0.703. The summed E-state index contributed by atoms with van der Waals surface area (Å²) in [4.78, 5) is 13.6. The van der Waals surface area contributed by atoms with E-state index in [1.807, 2.05) is 24.1 Å². The molecule has 7 nitrogen and oxygen atoms in total. The van der Waals surface area contributed by atoms with Gasteiger partial charge in [-0.05, 0) is 23.6 Å². The molecule has 0 aliphatic carbocycles. The van der Waals surface area contributed by atoms with Crippen LogP contribution in [-0.2, 0) is 17.8 Å². The molecule has 0 saturated heterocycles. The van der Waals surface area contributed by atoms with Gasteiger partial charge in [-0.3, -0.25) is 10.0 Å². The summed E-state index contributed by atoms with van der Waals surface area (Å²) in [5, 5.41) is 14.3. The maximum absolute atomic E-state index is 11.6. The number of nitrogens with zero attached hydrogens (tertiary/aromatic N) is 3. The number of nitrogens with two attached hydrogens (primary N) is 1. The first-order valence-corrected chi connectivity index (χ1v) is 6.58. The van der Waals surface area contributed by atoms with Crippen LogP contribution >= 0.6 is 0 Å².